The zero-order valence-electron chi connectivity index (χ0n) is 15.4. The number of carbonyl (C=O) groups is 1. The van der Waals surface area contributed by atoms with Gasteiger partial charge in [0.15, 0.2) is 16.6 Å². The number of phenols is 1. The van der Waals surface area contributed by atoms with Gasteiger partial charge in [0.25, 0.3) is 0 Å². The summed E-state index contributed by atoms with van der Waals surface area (Å²) in [7, 11) is 1.48. The highest BCUT2D eigenvalue weighted by Crippen LogP contribution is 2.27. The maximum Gasteiger partial charge on any atom is 0.235 e. The number of nitrogens with two attached hydrogens (primary N) is 1. The Labute approximate surface area is 171 Å². The fourth-order valence-electron chi connectivity index (χ4n) is 2.08. The van der Waals surface area contributed by atoms with E-state index in [1.165, 1.54) is 31.4 Å². The van der Waals surface area contributed by atoms with Crippen molar-refractivity contribution >= 4 is 51.5 Å². The highest BCUT2D eigenvalue weighted by molar-refractivity contribution is 7.80. The van der Waals surface area contributed by atoms with Gasteiger partial charge in [-0.05, 0) is 42.9 Å². The SMILES string of the molecule is COc1cc(/C=C/C(=N\NC(N)=S)c2sc(NNC(C)=O)nc2C)ccc1O. The van der Waals surface area contributed by atoms with Gasteiger partial charge in [-0.2, -0.15) is 5.10 Å². The van der Waals surface area contributed by atoms with Crippen LogP contribution in [0.4, 0.5) is 5.13 Å². The van der Waals surface area contributed by atoms with Crippen molar-refractivity contribution in [2.45, 2.75) is 13.8 Å². The Morgan fingerprint density at radius 1 is 1.46 bits per heavy atom. The molecule has 28 heavy (non-hydrogen) atoms. The predicted octanol–water partition coefficient (Wildman–Crippen LogP) is 1.88. The molecule has 0 aliphatic carbocycles. The number of aromatic nitrogens is 1. The second-order valence-corrected chi connectivity index (χ2v) is 6.92. The highest BCUT2D eigenvalue weighted by Gasteiger charge is 2.13. The van der Waals surface area contributed by atoms with E-state index >= 15 is 0 Å². The van der Waals surface area contributed by atoms with E-state index in [0.29, 0.717) is 22.3 Å². The molecule has 1 heterocycles. The Kier molecular flexibility index (Phi) is 7.29. The van der Waals surface area contributed by atoms with Crippen molar-refractivity contribution in [1.29, 1.82) is 0 Å². The molecule has 0 atom stereocenters. The fourth-order valence-corrected chi connectivity index (χ4v) is 3.02. The number of aryl methyl sites for hydroxylation is 1. The summed E-state index contributed by atoms with van der Waals surface area (Å²) in [6.07, 6.45) is 3.54. The molecule has 1 aromatic carbocycles. The van der Waals surface area contributed by atoms with Crippen molar-refractivity contribution in [3.8, 4) is 11.5 Å². The quantitative estimate of drug-likeness (QED) is 0.260. The Hall–Kier alpha value is -3.18. The molecule has 0 fully saturated rings. The van der Waals surface area contributed by atoms with Crippen LogP contribution in [0, 0.1) is 6.92 Å². The van der Waals surface area contributed by atoms with Crippen LogP contribution in [-0.2, 0) is 4.79 Å². The van der Waals surface area contributed by atoms with Crippen LogP contribution < -0.4 is 26.7 Å². The molecule has 0 aliphatic rings. The molecule has 1 amide bonds. The molecule has 0 radical (unpaired) electrons. The molecule has 9 nitrogen and oxygen atoms in total. The Bertz CT molecular complexity index is 939. The van der Waals surface area contributed by atoms with Crippen molar-refractivity contribution in [2.75, 3.05) is 12.5 Å². The summed E-state index contributed by atoms with van der Waals surface area (Å²) >= 11 is 6.11. The van der Waals surface area contributed by atoms with Gasteiger partial charge in [0.1, 0.15) is 5.71 Å². The first kappa shape index (κ1) is 21.1. The normalized spacial score (nSPS) is 11.3. The lowest BCUT2D eigenvalue weighted by atomic mass is 10.1. The molecule has 0 saturated carbocycles. The summed E-state index contributed by atoms with van der Waals surface area (Å²) in [5.74, 6) is 0.174. The molecule has 11 heteroatoms. The summed E-state index contributed by atoms with van der Waals surface area (Å²) in [6.45, 7) is 3.21. The number of carbonyl (C=O) groups excluding carboxylic acids is 1. The molecular formula is C17H20N6O3S2. The zero-order chi connectivity index (χ0) is 20.7. The maximum atomic E-state index is 11.1. The number of aromatic hydroxyl groups is 1. The van der Waals surface area contributed by atoms with Crippen LogP contribution >= 0.6 is 23.6 Å². The van der Waals surface area contributed by atoms with Crippen molar-refractivity contribution in [2.24, 2.45) is 10.8 Å². The van der Waals surface area contributed by atoms with Gasteiger partial charge in [-0.15, -0.1) is 0 Å². The number of hydrogen-bond acceptors (Lipinski definition) is 8. The van der Waals surface area contributed by atoms with Gasteiger partial charge in [0.2, 0.25) is 11.0 Å². The molecule has 0 unspecified atom stereocenters. The van der Waals surface area contributed by atoms with Gasteiger partial charge in [-0.25, -0.2) is 4.98 Å². The van der Waals surface area contributed by atoms with Crippen molar-refractivity contribution < 1.29 is 14.6 Å². The van der Waals surface area contributed by atoms with E-state index in [4.69, 9.17) is 22.7 Å². The van der Waals surface area contributed by atoms with Gasteiger partial charge < -0.3 is 15.6 Å². The molecule has 6 N–H and O–H groups in total. The van der Waals surface area contributed by atoms with Gasteiger partial charge >= 0.3 is 0 Å². The zero-order valence-corrected chi connectivity index (χ0v) is 17.1. The lowest BCUT2D eigenvalue weighted by molar-refractivity contribution is -0.118. The summed E-state index contributed by atoms with van der Waals surface area (Å²) in [5.41, 5.74) is 15.3. The number of thiocarbonyl (C=S) groups is 1. The largest absolute Gasteiger partial charge is 0.504 e. The lowest BCUT2D eigenvalue weighted by Crippen LogP contribution is -2.26. The van der Waals surface area contributed by atoms with Crippen LogP contribution in [0.25, 0.3) is 6.08 Å². The van der Waals surface area contributed by atoms with Crippen LogP contribution in [-0.4, -0.2) is 33.9 Å². The number of phenolic OH excluding ortho intramolecular Hbond substituents is 1. The first-order valence-corrected chi connectivity index (χ1v) is 9.21. The molecule has 2 rings (SSSR count). The minimum Gasteiger partial charge on any atom is -0.504 e. The minimum atomic E-state index is -0.236. The first-order valence-electron chi connectivity index (χ1n) is 7.98. The average Bonchev–Trinajstić information content (AvgIpc) is 3.01. The number of hydrogen-bond donors (Lipinski definition) is 5. The summed E-state index contributed by atoms with van der Waals surface area (Å²) in [6, 6.07) is 4.96. The van der Waals surface area contributed by atoms with E-state index in [0.717, 1.165) is 10.4 Å². The van der Waals surface area contributed by atoms with E-state index in [1.54, 1.807) is 24.3 Å². The van der Waals surface area contributed by atoms with Crippen molar-refractivity contribution in [1.82, 2.24) is 15.8 Å². The highest BCUT2D eigenvalue weighted by atomic mass is 32.1. The van der Waals surface area contributed by atoms with Gasteiger partial charge in [-0.3, -0.25) is 21.1 Å². The third-order valence-electron chi connectivity index (χ3n) is 3.30. The molecule has 0 bridgehead atoms. The topological polar surface area (TPSA) is 134 Å². The number of rotatable bonds is 7. The fraction of sp³-hybridized carbons (Fsp3) is 0.176. The molecule has 0 spiro atoms. The number of amides is 1. The predicted molar refractivity (Wildman–Crippen MR) is 114 cm³/mol. The molecule has 148 valence electrons. The number of nitrogens with zero attached hydrogens (tertiary/aromatic N) is 2. The smallest absolute Gasteiger partial charge is 0.235 e. The summed E-state index contributed by atoms with van der Waals surface area (Å²) < 4.78 is 5.11. The number of methoxy groups -OCH3 is 1. The Morgan fingerprint density at radius 3 is 2.86 bits per heavy atom. The van der Waals surface area contributed by atoms with Crippen LogP contribution in [0.1, 0.15) is 23.1 Å². The molecule has 1 aromatic heterocycles. The van der Waals surface area contributed by atoms with Gasteiger partial charge in [0.05, 0.1) is 17.7 Å². The standard InChI is InChI=1S/C17H20N6O3S2/c1-9-15(28-17(19-9)23-20-10(2)24)12(21-22-16(18)27)6-4-11-5-7-13(25)14(8-11)26-3/h4-8,25H,1-3H3,(H,19,23)(H,20,24)(H3,18,22,27)/b6-4+,21-12+. The third-order valence-corrected chi connectivity index (χ3v) is 4.49. The second-order valence-electron chi connectivity index (χ2n) is 5.48. The van der Waals surface area contributed by atoms with E-state index in [9.17, 15) is 9.90 Å². The van der Waals surface area contributed by atoms with Gasteiger partial charge in [0, 0.05) is 6.92 Å². The van der Waals surface area contributed by atoms with Crippen molar-refractivity contribution in [3.05, 3.63) is 40.4 Å². The van der Waals surface area contributed by atoms with E-state index < -0.39 is 0 Å². The van der Waals surface area contributed by atoms with Crippen molar-refractivity contribution in [3.63, 3.8) is 0 Å². The van der Waals surface area contributed by atoms with Crippen LogP contribution in [0.5, 0.6) is 11.5 Å². The lowest BCUT2D eigenvalue weighted by Gasteiger charge is -2.04. The number of ether oxygens (including phenoxy) is 1. The first-order chi connectivity index (χ1) is 13.3. The number of benzene rings is 1. The average molecular weight is 421 g/mol. The molecule has 0 saturated heterocycles. The van der Waals surface area contributed by atoms with Crippen LogP contribution in [0.2, 0.25) is 0 Å². The third kappa shape index (κ3) is 5.93. The minimum absolute atomic E-state index is 0.0240. The summed E-state index contributed by atoms with van der Waals surface area (Å²) in [5, 5.41) is 14.5. The number of thiazole rings is 1. The molecule has 0 aliphatic heterocycles. The number of hydrazone groups is 1. The Morgan fingerprint density at radius 2 is 2.21 bits per heavy atom. The number of allylic oxidation sites excluding steroid dienone is 1. The monoisotopic (exact) mass is 420 g/mol. The number of nitrogens with one attached hydrogen (secondary N) is 3. The Balaban J connectivity index is 2.34. The van der Waals surface area contributed by atoms with E-state index in [2.05, 4.69) is 26.4 Å². The second kappa shape index (κ2) is 9.67. The van der Waals surface area contributed by atoms with Crippen LogP contribution in [0.3, 0.4) is 0 Å². The van der Waals surface area contributed by atoms with E-state index in [-0.39, 0.29) is 16.8 Å². The molecular weight excluding hydrogens is 400 g/mol. The molecule has 2 aromatic rings. The van der Waals surface area contributed by atoms with Gasteiger partial charge in [-0.1, -0.05) is 23.5 Å². The van der Waals surface area contributed by atoms with E-state index in [1.807, 2.05) is 6.92 Å². The number of anilines is 1. The summed E-state index contributed by atoms with van der Waals surface area (Å²) in [4.78, 5) is 16.2. The van der Waals surface area contributed by atoms with Crippen LogP contribution in [0.15, 0.2) is 29.4 Å². The maximum absolute atomic E-state index is 11.1. The number of hydrazine groups is 1.